The van der Waals surface area contributed by atoms with Gasteiger partial charge in [-0.2, -0.15) is 13.2 Å². The van der Waals surface area contributed by atoms with E-state index in [9.17, 15) is 31.9 Å². The number of carbonyl (C=O) groups is 3. The van der Waals surface area contributed by atoms with Crippen molar-refractivity contribution in [2.24, 2.45) is 0 Å². The van der Waals surface area contributed by atoms with Gasteiger partial charge < -0.3 is 15.7 Å². The molecule has 6 nitrogen and oxygen atoms in total. The number of carboxylic acid groups (broad SMARTS) is 1. The van der Waals surface area contributed by atoms with E-state index in [4.69, 9.17) is 5.11 Å². The van der Waals surface area contributed by atoms with Gasteiger partial charge in [-0.3, -0.25) is 14.4 Å². The number of carboxylic acids is 1. The number of amides is 2. The van der Waals surface area contributed by atoms with Gasteiger partial charge in [-0.05, 0) is 84.7 Å². The highest BCUT2D eigenvalue weighted by atomic mass is 19.4. The molecule has 3 N–H and O–H groups in total. The number of nitrogens with one attached hydrogen (secondary N) is 2. The monoisotopic (exact) mass is 582 g/mol. The Balaban J connectivity index is 1.57. The molecule has 1 atom stereocenters. The first-order chi connectivity index (χ1) is 20.0. The maximum Gasteiger partial charge on any atom is 0.419 e. The fraction of sp³-hybridized carbons (Fsp3) is 0.281. The molecule has 10 heteroatoms. The summed E-state index contributed by atoms with van der Waals surface area (Å²) in [5.41, 5.74) is 2.26. The molecule has 1 aliphatic carbocycles. The lowest BCUT2D eigenvalue weighted by Crippen LogP contribution is -2.26. The molecule has 42 heavy (non-hydrogen) atoms. The average Bonchev–Trinajstić information content (AvgIpc) is 2.97. The zero-order valence-electron chi connectivity index (χ0n) is 22.6. The number of allylic oxidation sites excluding steroid dienone is 2. The first-order valence-corrected chi connectivity index (χ1v) is 13.6. The van der Waals surface area contributed by atoms with Crippen molar-refractivity contribution in [2.45, 2.75) is 50.6 Å². The van der Waals surface area contributed by atoms with E-state index in [0.717, 1.165) is 37.3 Å². The Kier molecular flexibility index (Phi) is 9.77. The van der Waals surface area contributed by atoms with Crippen LogP contribution in [0.15, 0.2) is 72.8 Å². The molecular weight excluding hydrogens is 552 g/mol. The van der Waals surface area contributed by atoms with Crippen LogP contribution in [-0.4, -0.2) is 29.4 Å². The second-order valence-corrected chi connectivity index (χ2v) is 10.1. The van der Waals surface area contributed by atoms with Crippen molar-refractivity contribution in [3.63, 3.8) is 0 Å². The fourth-order valence-corrected chi connectivity index (χ4v) is 4.85. The molecule has 1 unspecified atom stereocenters. The molecule has 0 aliphatic heterocycles. The highest BCUT2D eigenvalue weighted by molar-refractivity contribution is 5.96. The maximum absolute atomic E-state index is 13.8. The second kappa shape index (κ2) is 13.5. The van der Waals surface area contributed by atoms with Crippen molar-refractivity contribution in [1.29, 1.82) is 0 Å². The number of anilines is 1. The van der Waals surface area contributed by atoms with Crippen molar-refractivity contribution in [3.05, 3.63) is 106 Å². The van der Waals surface area contributed by atoms with Crippen molar-refractivity contribution >= 4 is 29.0 Å². The Morgan fingerprint density at radius 2 is 1.64 bits per heavy atom. The van der Waals surface area contributed by atoms with Crippen LogP contribution in [-0.2, 0) is 22.2 Å². The first kappa shape index (κ1) is 30.5. The topological polar surface area (TPSA) is 95.5 Å². The van der Waals surface area contributed by atoms with E-state index < -0.39 is 41.3 Å². The van der Waals surface area contributed by atoms with Crippen molar-refractivity contribution in [1.82, 2.24) is 5.32 Å². The van der Waals surface area contributed by atoms with E-state index >= 15 is 0 Å². The van der Waals surface area contributed by atoms with Crippen LogP contribution in [0.3, 0.4) is 0 Å². The molecule has 0 saturated heterocycles. The number of aliphatic carboxylic acids is 1. The molecule has 0 aromatic heterocycles. The highest BCUT2D eigenvalue weighted by Crippen LogP contribution is 2.34. The van der Waals surface area contributed by atoms with Crippen LogP contribution in [0.4, 0.5) is 23.2 Å². The quantitative estimate of drug-likeness (QED) is 0.225. The number of hydrogen-bond donors (Lipinski definition) is 3. The van der Waals surface area contributed by atoms with Crippen LogP contribution < -0.4 is 10.6 Å². The van der Waals surface area contributed by atoms with Crippen molar-refractivity contribution in [2.75, 3.05) is 11.9 Å². The number of halogens is 4. The van der Waals surface area contributed by atoms with Crippen LogP contribution in [0.5, 0.6) is 0 Å². The largest absolute Gasteiger partial charge is 0.481 e. The van der Waals surface area contributed by atoms with Crippen LogP contribution >= 0.6 is 0 Å². The molecule has 0 heterocycles. The number of hydrogen-bond acceptors (Lipinski definition) is 3. The lowest BCUT2D eigenvalue weighted by molar-refractivity contribution is -0.140. The molecule has 3 aromatic rings. The van der Waals surface area contributed by atoms with Gasteiger partial charge in [-0.25, -0.2) is 4.39 Å². The Bertz CT molecular complexity index is 1470. The molecule has 4 rings (SSSR count). The van der Waals surface area contributed by atoms with Gasteiger partial charge in [0.25, 0.3) is 5.91 Å². The first-order valence-electron chi connectivity index (χ1n) is 13.6. The highest BCUT2D eigenvalue weighted by Gasteiger charge is 2.34. The second-order valence-electron chi connectivity index (χ2n) is 10.1. The maximum atomic E-state index is 13.8. The zero-order chi connectivity index (χ0) is 30.3. The summed E-state index contributed by atoms with van der Waals surface area (Å²) in [7, 11) is 0. The van der Waals surface area contributed by atoms with E-state index in [1.807, 2.05) is 24.3 Å². The average molecular weight is 583 g/mol. The van der Waals surface area contributed by atoms with Gasteiger partial charge in [0.15, 0.2) is 0 Å². The van der Waals surface area contributed by atoms with Gasteiger partial charge in [0.1, 0.15) is 5.82 Å². The molecule has 0 spiro atoms. The molecule has 220 valence electrons. The fourth-order valence-electron chi connectivity index (χ4n) is 4.85. The molecule has 0 saturated carbocycles. The summed E-state index contributed by atoms with van der Waals surface area (Å²) in [6.45, 7) is -0.0233. The molecular formula is C32H30F4N2O4. The van der Waals surface area contributed by atoms with Gasteiger partial charge in [-0.15, -0.1) is 0 Å². The summed E-state index contributed by atoms with van der Waals surface area (Å²) in [6.07, 6.45) is 1.45. The summed E-state index contributed by atoms with van der Waals surface area (Å²) in [5.74, 6) is -4.30. The lowest BCUT2D eigenvalue weighted by Gasteiger charge is -2.20. The minimum Gasteiger partial charge on any atom is -0.481 e. The van der Waals surface area contributed by atoms with Crippen LogP contribution in [0.1, 0.15) is 70.6 Å². The minimum atomic E-state index is -4.92. The predicted octanol–water partition coefficient (Wildman–Crippen LogP) is 6.97. The normalized spacial score (nSPS) is 14.0. The molecule has 0 radical (unpaired) electrons. The van der Waals surface area contributed by atoms with E-state index in [-0.39, 0.29) is 25.1 Å². The summed E-state index contributed by atoms with van der Waals surface area (Å²) < 4.78 is 53.6. The molecule has 1 aliphatic rings. The van der Waals surface area contributed by atoms with Gasteiger partial charge >= 0.3 is 12.1 Å². The standard InChI is InChI=1S/C32H30F4N2O4/c33-28-15-14-25(19-27(28)32(34,35)36)38-31(42)26(23-12-10-22(11-13-23)21-4-2-1-3-5-21)18-20-6-8-24(9-7-20)30(41)37-17-16-29(39)40/h4,6-15,19,26H,1-3,5,16-18H2,(H,37,41)(H,38,42)(H,39,40). The van der Waals surface area contributed by atoms with Gasteiger partial charge in [-0.1, -0.05) is 42.5 Å². The number of benzene rings is 3. The van der Waals surface area contributed by atoms with E-state index in [0.29, 0.717) is 28.8 Å². The summed E-state index contributed by atoms with van der Waals surface area (Å²) >= 11 is 0. The smallest absolute Gasteiger partial charge is 0.419 e. The minimum absolute atomic E-state index is 0.0233. The van der Waals surface area contributed by atoms with Gasteiger partial charge in [0, 0.05) is 17.8 Å². The van der Waals surface area contributed by atoms with Gasteiger partial charge in [0.2, 0.25) is 5.91 Å². The summed E-state index contributed by atoms with van der Waals surface area (Å²) in [6, 6.07) is 16.2. The Labute approximate surface area is 240 Å². The number of rotatable bonds is 10. The third-order valence-electron chi connectivity index (χ3n) is 7.11. The molecule has 2 amide bonds. The molecule has 0 bridgehead atoms. The van der Waals surface area contributed by atoms with Crippen LogP contribution in [0.25, 0.3) is 5.57 Å². The SMILES string of the molecule is O=C(O)CCNC(=O)c1ccc(CC(C(=O)Nc2ccc(F)c(C(F)(F)F)c2)c2ccc(C3=CCCCC3)cc2)cc1. The van der Waals surface area contributed by atoms with Crippen LogP contribution in [0.2, 0.25) is 0 Å². The Morgan fingerprint density at radius 1 is 0.929 bits per heavy atom. The van der Waals surface area contributed by atoms with Crippen LogP contribution in [0, 0.1) is 5.82 Å². The van der Waals surface area contributed by atoms with Crippen molar-refractivity contribution < 1.29 is 37.1 Å². The van der Waals surface area contributed by atoms with E-state index in [1.54, 1.807) is 24.3 Å². The third kappa shape index (κ3) is 8.05. The number of alkyl halides is 3. The third-order valence-corrected chi connectivity index (χ3v) is 7.11. The predicted molar refractivity (Wildman–Crippen MR) is 150 cm³/mol. The summed E-state index contributed by atoms with van der Waals surface area (Å²) in [5, 5.41) is 13.8. The molecule has 0 fully saturated rings. The van der Waals surface area contributed by atoms with E-state index in [2.05, 4.69) is 16.7 Å². The van der Waals surface area contributed by atoms with Crippen molar-refractivity contribution in [3.8, 4) is 0 Å². The molecule has 3 aromatic carbocycles. The lowest BCUT2D eigenvalue weighted by atomic mass is 9.88. The van der Waals surface area contributed by atoms with E-state index in [1.165, 1.54) is 5.57 Å². The Morgan fingerprint density at radius 3 is 2.26 bits per heavy atom. The Hall–Kier alpha value is -4.47. The zero-order valence-corrected chi connectivity index (χ0v) is 22.6. The van der Waals surface area contributed by atoms with Gasteiger partial charge in [0.05, 0.1) is 17.9 Å². The summed E-state index contributed by atoms with van der Waals surface area (Å²) in [4.78, 5) is 36.5. The number of carbonyl (C=O) groups excluding carboxylic acids is 2.